The van der Waals surface area contributed by atoms with Crippen molar-refractivity contribution in [3.8, 4) is 0 Å². The predicted octanol–water partition coefficient (Wildman–Crippen LogP) is 3.06. The molecule has 4 nitrogen and oxygen atoms in total. The molecule has 0 aromatic heterocycles. The Hall–Kier alpha value is -0.610. The number of ether oxygens (including phenoxy) is 1. The predicted molar refractivity (Wildman–Crippen MR) is 78.4 cm³/mol. The third kappa shape index (κ3) is 7.53. The number of hydrogen-bond acceptors (Lipinski definition) is 3. The topological polar surface area (TPSA) is 58.6 Å². The highest BCUT2D eigenvalue weighted by molar-refractivity contribution is 5.78. The Morgan fingerprint density at radius 3 is 2.21 bits per heavy atom. The minimum Gasteiger partial charge on any atom is -0.480 e. The van der Waals surface area contributed by atoms with Crippen LogP contribution in [-0.4, -0.2) is 35.4 Å². The van der Waals surface area contributed by atoms with Gasteiger partial charge in [0.05, 0.1) is 6.10 Å². The molecule has 0 spiro atoms. The Morgan fingerprint density at radius 1 is 1.21 bits per heavy atom. The van der Waals surface area contributed by atoms with Crippen molar-refractivity contribution in [2.45, 2.75) is 78.5 Å². The Labute approximate surface area is 117 Å². The minimum atomic E-state index is -0.835. The van der Waals surface area contributed by atoms with Crippen LogP contribution in [0.3, 0.4) is 0 Å². The average molecular weight is 273 g/mol. The van der Waals surface area contributed by atoms with Crippen LogP contribution in [0.4, 0.5) is 0 Å². The molecule has 4 heteroatoms. The van der Waals surface area contributed by atoms with E-state index >= 15 is 0 Å². The number of unbranched alkanes of at least 4 members (excludes halogenated alkanes) is 1. The Balaban J connectivity index is 3.98. The first-order valence-electron chi connectivity index (χ1n) is 7.31. The van der Waals surface area contributed by atoms with E-state index in [1.54, 1.807) is 6.92 Å². The van der Waals surface area contributed by atoms with E-state index in [-0.39, 0.29) is 12.1 Å². The van der Waals surface area contributed by atoms with Gasteiger partial charge in [0.2, 0.25) is 0 Å². The third-order valence-electron chi connectivity index (χ3n) is 3.47. The molecule has 0 radical (unpaired) electrons. The fraction of sp³-hybridized carbons (Fsp3) is 0.933. The molecule has 0 fully saturated rings. The summed E-state index contributed by atoms with van der Waals surface area (Å²) in [4.78, 5) is 11.3. The van der Waals surface area contributed by atoms with Gasteiger partial charge in [-0.15, -0.1) is 0 Å². The van der Waals surface area contributed by atoms with Gasteiger partial charge in [-0.25, -0.2) is 0 Å². The standard InChI is InChI=1S/C15H31NO3/c1-11(2)13(5)19-10-8-7-9-15(6,14(17)18)16-12(3)4/h11-13,16H,7-10H2,1-6H3,(H,17,18). The lowest BCUT2D eigenvalue weighted by Gasteiger charge is -2.28. The maximum Gasteiger partial charge on any atom is 0.323 e. The molecule has 0 amide bonds. The minimum absolute atomic E-state index is 0.165. The highest BCUT2D eigenvalue weighted by Crippen LogP contribution is 2.16. The largest absolute Gasteiger partial charge is 0.480 e. The number of carbonyl (C=O) groups is 1. The zero-order valence-corrected chi connectivity index (χ0v) is 13.3. The summed E-state index contributed by atoms with van der Waals surface area (Å²) in [7, 11) is 0. The van der Waals surface area contributed by atoms with E-state index in [0.29, 0.717) is 18.9 Å². The molecule has 0 aromatic carbocycles. The fourth-order valence-corrected chi connectivity index (χ4v) is 1.92. The summed E-state index contributed by atoms with van der Waals surface area (Å²) in [6, 6.07) is 0.165. The molecular formula is C15H31NO3. The van der Waals surface area contributed by atoms with Crippen LogP contribution in [0, 0.1) is 5.92 Å². The number of nitrogens with one attached hydrogen (secondary N) is 1. The Kier molecular flexibility index (Phi) is 8.26. The second-order valence-electron chi connectivity index (χ2n) is 6.21. The van der Waals surface area contributed by atoms with Gasteiger partial charge < -0.3 is 9.84 Å². The van der Waals surface area contributed by atoms with Crippen molar-refractivity contribution >= 4 is 5.97 Å². The molecule has 0 saturated carbocycles. The van der Waals surface area contributed by atoms with E-state index in [1.807, 2.05) is 13.8 Å². The molecule has 0 bridgehead atoms. The molecular weight excluding hydrogens is 242 g/mol. The summed E-state index contributed by atoms with van der Waals surface area (Å²) in [5, 5.41) is 12.4. The molecule has 114 valence electrons. The highest BCUT2D eigenvalue weighted by atomic mass is 16.5. The first-order valence-corrected chi connectivity index (χ1v) is 7.31. The normalized spacial score (nSPS) is 16.6. The molecule has 19 heavy (non-hydrogen) atoms. The van der Waals surface area contributed by atoms with Crippen molar-refractivity contribution in [2.24, 2.45) is 5.92 Å². The van der Waals surface area contributed by atoms with Crippen LogP contribution in [0.25, 0.3) is 0 Å². The second-order valence-corrected chi connectivity index (χ2v) is 6.21. The van der Waals surface area contributed by atoms with Crippen molar-refractivity contribution in [3.63, 3.8) is 0 Å². The first-order chi connectivity index (χ1) is 8.69. The lowest BCUT2D eigenvalue weighted by molar-refractivity contribution is -0.144. The molecule has 0 aliphatic heterocycles. The van der Waals surface area contributed by atoms with Crippen LogP contribution >= 0.6 is 0 Å². The molecule has 2 atom stereocenters. The summed E-state index contributed by atoms with van der Waals surface area (Å²) in [6.45, 7) is 12.7. The van der Waals surface area contributed by atoms with Crippen LogP contribution in [0.2, 0.25) is 0 Å². The smallest absolute Gasteiger partial charge is 0.323 e. The van der Waals surface area contributed by atoms with E-state index < -0.39 is 11.5 Å². The SMILES string of the molecule is CC(C)NC(C)(CCCCOC(C)C(C)C)C(=O)O. The van der Waals surface area contributed by atoms with Crippen molar-refractivity contribution in [2.75, 3.05) is 6.61 Å². The Morgan fingerprint density at radius 2 is 1.79 bits per heavy atom. The van der Waals surface area contributed by atoms with Crippen LogP contribution in [-0.2, 0) is 9.53 Å². The number of rotatable bonds is 10. The molecule has 0 aliphatic carbocycles. The van der Waals surface area contributed by atoms with Gasteiger partial charge in [-0.05, 0) is 52.9 Å². The zero-order chi connectivity index (χ0) is 15.1. The van der Waals surface area contributed by atoms with Gasteiger partial charge in [0, 0.05) is 12.6 Å². The molecule has 0 aliphatic rings. The molecule has 2 unspecified atom stereocenters. The van der Waals surface area contributed by atoms with Crippen molar-refractivity contribution in [1.82, 2.24) is 5.32 Å². The van der Waals surface area contributed by atoms with Crippen LogP contribution in [0.15, 0.2) is 0 Å². The number of aliphatic carboxylic acids is 1. The van der Waals surface area contributed by atoms with E-state index in [4.69, 9.17) is 4.74 Å². The van der Waals surface area contributed by atoms with Crippen LogP contribution in [0.1, 0.15) is 60.8 Å². The van der Waals surface area contributed by atoms with Crippen molar-refractivity contribution in [3.05, 3.63) is 0 Å². The summed E-state index contributed by atoms with van der Waals surface area (Å²) in [5.41, 5.74) is -0.835. The van der Waals surface area contributed by atoms with Gasteiger partial charge >= 0.3 is 5.97 Å². The monoisotopic (exact) mass is 273 g/mol. The summed E-state index contributed by atoms with van der Waals surface area (Å²) in [5.74, 6) is -0.260. The van der Waals surface area contributed by atoms with Gasteiger partial charge in [0.25, 0.3) is 0 Å². The summed E-state index contributed by atoms with van der Waals surface area (Å²) >= 11 is 0. The Bertz CT molecular complexity index is 266. The molecule has 0 aromatic rings. The van der Waals surface area contributed by atoms with Gasteiger partial charge in [-0.1, -0.05) is 13.8 Å². The lowest BCUT2D eigenvalue weighted by Crippen LogP contribution is -2.52. The summed E-state index contributed by atoms with van der Waals surface area (Å²) in [6.07, 6.45) is 2.65. The summed E-state index contributed by atoms with van der Waals surface area (Å²) < 4.78 is 5.69. The van der Waals surface area contributed by atoms with Crippen LogP contribution < -0.4 is 5.32 Å². The lowest BCUT2D eigenvalue weighted by atomic mass is 9.94. The van der Waals surface area contributed by atoms with Gasteiger partial charge in [0.15, 0.2) is 0 Å². The van der Waals surface area contributed by atoms with Crippen LogP contribution in [0.5, 0.6) is 0 Å². The quantitative estimate of drug-likeness (QED) is 0.601. The number of carboxylic acid groups (broad SMARTS) is 1. The molecule has 0 rings (SSSR count). The highest BCUT2D eigenvalue weighted by Gasteiger charge is 2.32. The zero-order valence-electron chi connectivity index (χ0n) is 13.3. The first kappa shape index (κ1) is 18.4. The van der Waals surface area contributed by atoms with Crippen molar-refractivity contribution < 1.29 is 14.6 Å². The average Bonchev–Trinajstić information content (AvgIpc) is 2.26. The van der Waals surface area contributed by atoms with E-state index in [0.717, 1.165) is 12.8 Å². The third-order valence-corrected chi connectivity index (χ3v) is 3.47. The van der Waals surface area contributed by atoms with Gasteiger partial charge in [-0.2, -0.15) is 0 Å². The molecule has 0 heterocycles. The second kappa shape index (κ2) is 8.54. The molecule has 2 N–H and O–H groups in total. The van der Waals surface area contributed by atoms with Crippen molar-refractivity contribution in [1.29, 1.82) is 0 Å². The molecule has 0 saturated heterocycles. The van der Waals surface area contributed by atoms with E-state index in [9.17, 15) is 9.90 Å². The van der Waals surface area contributed by atoms with E-state index in [2.05, 4.69) is 26.1 Å². The maximum atomic E-state index is 11.3. The van der Waals surface area contributed by atoms with Gasteiger partial charge in [-0.3, -0.25) is 10.1 Å². The maximum absolute atomic E-state index is 11.3. The fourth-order valence-electron chi connectivity index (χ4n) is 1.92. The van der Waals surface area contributed by atoms with Gasteiger partial charge in [0.1, 0.15) is 5.54 Å². The number of hydrogen-bond donors (Lipinski definition) is 2. The number of carboxylic acids is 1. The van der Waals surface area contributed by atoms with E-state index in [1.165, 1.54) is 0 Å².